The van der Waals surface area contributed by atoms with Crippen LogP contribution in [-0.4, -0.2) is 54.6 Å². The smallest absolute Gasteiger partial charge is 0.317 e. The lowest BCUT2D eigenvalue weighted by molar-refractivity contribution is 0.142. The van der Waals surface area contributed by atoms with E-state index < -0.39 is 0 Å². The Kier molecular flexibility index (Phi) is 6.98. The van der Waals surface area contributed by atoms with Crippen molar-refractivity contribution in [2.24, 2.45) is 0 Å². The third-order valence-corrected chi connectivity index (χ3v) is 5.80. The van der Waals surface area contributed by atoms with Gasteiger partial charge in [-0.1, -0.05) is 49.1 Å². The van der Waals surface area contributed by atoms with Crippen LogP contribution in [-0.2, 0) is 0 Å². The highest BCUT2D eigenvalue weighted by Crippen LogP contribution is 2.19. The molecular weight excluding hydrogens is 346 g/mol. The van der Waals surface area contributed by atoms with E-state index in [2.05, 4.69) is 35.3 Å². The molecule has 1 saturated carbocycles. The molecule has 1 aromatic rings. The van der Waals surface area contributed by atoms with E-state index >= 15 is 0 Å². The number of allylic oxidation sites excluding steroid dienone is 1. The molecule has 0 unspecified atom stereocenters. The number of urea groups is 1. The molecule has 2 fully saturated rings. The van der Waals surface area contributed by atoms with E-state index in [1.807, 2.05) is 17.0 Å². The number of amides is 2. The van der Waals surface area contributed by atoms with Crippen LogP contribution in [0.4, 0.5) is 4.79 Å². The molecule has 1 aliphatic carbocycles. The van der Waals surface area contributed by atoms with Crippen molar-refractivity contribution < 1.29 is 4.79 Å². The fraction of sp³-hybridized carbons (Fsp3) is 0.571. The second-order valence-corrected chi connectivity index (χ2v) is 7.90. The Bertz CT molecular complexity index is 615. The molecule has 0 aromatic heterocycles. The SMILES string of the molecule is C/C(=C\CN1CCN(C(=O)NC2CCCCC2)CC1)c1ccc(Cl)cc1. The Balaban J connectivity index is 1.42. The van der Waals surface area contributed by atoms with E-state index in [-0.39, 0.29) is 6.03 Å². The molecule has 1 aliphatic heterocycles. The lowest BCUT2D eigenvalue weighted by atomic mass is 9.96. The number of hydrogen-bond acceptors (Lipinski definition) is 2. The maximum Gasteiger partial charge on any atom is 0.317 e. The van der Waals surface area contributed by atoms with Gasteiger partial charge in [-0.25, -0.2) is 4.79 Å². The third kappa shape index (κ3) is 5.49. The van der Waals surface area contributed by atoms with Crippen molar-refractivity contribution in [2.75, 3.05) is 32.7 Å². The Morgan fingerprint density at radius 3 is 2.42 bits per heavy atom. The van der Waals surface area contributed by atoms with Crippen LogP contribution in [0.2, 0.25) is 5.02 Å². The number of hydrogen-bond donors (Lipinski definition) is 1. The Morgan fingerprint density at radius 1 is 1.12 bits per heavy atom. The van der Waals surface area contributed by atoms with Gasteiger partial charge < -0.3 is 10.2 Å². The first-order valence-electron chi connectivity index (χ1n) is 9.82. The molecule has 0 bridgehead atoms. The summed E-state index contributed by atoms with van der Waals surface area (Å²) in [6, 6.07) is 8.49. The number of piperazine rings is 1. The van der Waals surface area contributed by atoms with Crippen molar-refractivity contribution >= 4 is 23.2 Å². The summed E-state index contributed by atoms with van der Waals surface area (Å²) in [6.07, 6.45) is 8.35. The van der Waals surface area contributed by atoms with E-state index in [9.17, 15) is 4.79 Å². The van der Waals surface area contributed by atoms with Crippen LogP contribution in [0.5, 0.6) is 0 Å². The van der Waals surface area contributed by atoms with Crippen molar-refractivity contribution in [2.45, 2.75) is 45.1 Å². The number of carbonyl (C=O) groups is 1. The van der Waals surface area contributed by atoms with Crippen molar-refractivity contribution in [3.63, 3.8) is 0 Å². The number of rotatable bonds is 4. The molecule has 2 amide bonds. The molecule has 0 radical (unpaired) electrons. The lowest BCUT2D eigenvalue weighted by Crippen LogP contribution is -2.53. The van der Waals surface area contributed by atoms with Crippen LogP contribution in [0.1, 0.15) is 44.6 Å². The number of halogens is 1. The van der Waals surface area contributed by atoms with Crippen LogP contribution >= 0.6 is 11.6 Å². The number of nitrogens with one attached hydrogen (secondary N) is 1. The third-order valence-electron chi connectivity index (χ3n) is 5.55. The summed E-state index contributed by atoms with van der Waals surface area (Å²) in [7, 11) is 0. The van der Waals surface area contributed by atoms with Gasteiger partial charge in [-0.05, 0) is 43.0 Å². The maximum atomic E-state index is 12.4. The van der Waals surface area contributed by atoms with Gasteiger partial charge in [0.2, 0.25) is 0 Å². The first-order chi connectivity index (χ1) is 12.6. The normalized spacial score (nSPS) is 20.2. The van der Waals surface area contributed by atoms with Crippen LogP contribution in [0.3, 0.4) is 0 Å². The number of benzene rings is 1. The number of nitrogens with zero attached hydrogens (tertiary/aromatic N) is 2. The maximum absolute atomic E-state index is 12.4. The summed E-state index contributed by atoms with van der Waals surface area (Å²) in [5.41, 5.74) is 2.47. The van der Waals surface area contributed by atoms with Crippen molar-refractivity contribution in [1.82, 2.24) is 15.1 Å². The van der Waals surface area contributed by atoms with Crippen LogP contribution < -0.4 is 5.32 Å². The second kappa shape index (κ2) is 9.43. The molecule has 1 aromatic carbocycles. The summed E-state index contributed by atoms with van der Waals surface area (Å²) >= 11 is 5.95. The summed E-state index contributed by atoms with van der Waals surface area (Å²) in [5, 5.41) is 3.99. The zero-order chi connectivity index (χ0) is 18.4. The van der Waals surface area contributed by atoms with Gasteiger partial charge in [0, 0.05) is 43.8 Å². The molecular formula is C21H30ClN3O. The van der Waals surface area contributed by atoms with Crippen molar-refractivity contribution in [1.29, 1.82) is 0 Å². The molecule has 0 spiro atoms. The van der Waals surface area contributed by atoms with Gasteiger partial charge in [0.05, 0.1) is 0 Å². The lowest BCUT2D eigenvalue weighted by Gasteiger charge is -2.35. The molecule has 0 atom stereocenters. The minimum absolute atomic E-state index is 0.129. The molecule has 1 saturated heterocycles. The van der Waals surface area contributed by atoms with E-state index in [0.29, 0.717) is 6.04 Å². The van der Waals surface area contributed by atoms with Gasteiger partial charge in [0.1, 0.15) is 0 Å². The van der Waals surface area contributed by atoms with E-state index in [4.69, 9.17) is 11.6 Å². The van der Waals surface area contributed by atoms with Crippen molar-refractivity contribution in [3.05, 3.63) is 40.9 Å². The van der Waals surface area contributed by atoms with Gasteiger partial charge in [0.25, 0.3) is 0 Å². The summed E-state index contributed by atoms with van der Waals surface area (Å²) in [5.74, 6) is 0. The quantitative estimate of drug-likeness (QED) is 0.846. The summed E-state index contributed by atoms with van der Waals surface area (Å²) < 4.78 is 0. The predicted molar refractivity (Wildman–Crippen MR) is 109 cm³/mol. The first-order valence-corrected chi connectivity index (χ1v) is 10.2. The van der Waals surface area contributed by atoms with E-state index in [0.717, 1.165) is 50.6 Å². The van der Waals surface area contributed by atoms with E-state index in [1.54, 1.807) is 0 Å². The average molecular weight is 376 g/mol. The van der Waals surface area contributed by atoms with Gasteiger partial charge in [0.15, 0.2) is 0 Å². The zero-order valence-corrected chi connectivity index (χ0v) is 16.5. The molecule has 142 valence electrons. The van der Waals surface area contributed by atoms with Crippen LogP contribution in [0.25, 0.3) is 5.57 Å². The monoisotopic (exact) mass is 375 g/mol. The first kappa shape index (κ1) is 19.2. The van der Waals surface area contributed by atoms with Crippen LogP contribution in [0, 0.1) is 0 Å². The standard InChI is InChI=1S/C21H30ClN3O/c1-17(18-7-9-19(22)10-8-18)11-12-24-13-15-25(16-14-24)21(26)23-20-5-3-2-4-6-20/h7-11,20H,2-6,12-16H2,1H3,(H,23,26)/b17-11+. The van der Waals surface area contributed by atoms with Crippen molar-refractivity contribution in [3.8, 4) is 0 Å². The fourth-order valence-corrected chi connectivity index (χ4v) is 3.87. The number of carbonyl (C=O) groups excluding carboxylic acids is 1. The second-order valence-electron chi connectivity index (χ2n) is 7.47. The molecule has 5 heteroatoms. The Labute approximate surface area is 162 Å². The van der Waals surface area contributed by atoms with Gasteiger partial charge in [-0.15, -0.1) is 0 Å². The highest BCUT2D eigenvalue weighted by atomic mass is 35.5. The summed E-state index contributed by atoms with van der Waals surface area (Å²) in [6.45, 7) is 6.55. The Hall–Kier alpha value is -1.52. The van der Waals surface area contributed by atoms with Gasteiger partial charge >= 0.3 is 6.03 Å². The summed E-state index contributed by atoms with van der Waals surface area (Å²) in [4.78, 5) is 16.8. The largest absolute Gasteiger partial charge is 0.335 e. The van der Waals surface area contributed by atoms with Gasteiger partial charge in [-0.2, -0.15) is 0 Å². The van der Waals surface area contributed by atoms with Crippen LogP contribution in [0.15, 0.2) is 30.3 Å². The average Bonchev–Trinajstić information content (AvgIpc) is 2.68. The molecule has 1 heterocycles. The Morgan fingerprint density at radius 2 is 1.77 bits per heavy atom. The zero-order valence-electron chi connectivity index (χ0n) is 15.7. The minimum Gasteiger partial charge on any atom is -0.335 e. The molecule has 26 heavy (non-hydrogen) atoms. The fourth-order valence-electron chi connectivity index (χ4n) is 3.74. The topological polar surface area (TPSA) is 35.6 Å². The predicted octanol–water partition coefficient (Wildman–Crippen LogP) is 4.40. The molecule has 4 nitrogen and oxygen atoms in total. The molecule has 2 aliphatic rings. The molecule has 3 rings (SSSR count). The van der Waals surface area contributed by atoms with E-state index in [1.165, 1.54) is 30.4 Å². The van der Waals surface area contributed by atoms with Gasteiger partial charge in [-0.3, -0.25) is 4.90 Å². The highest BCUT2D eigenvalue weighted by molar-refractivity contribution is 6.30. The minimum atomic E-state index is 0.129. The molecule has 1 N–H and O–H groups in total. The highest BCUT2D eigenvalue weighted by Gasteiger charge is 2.23.